The van der Waals surface area contributed by atoms with Crippen molar-refractivity contribution in [3.05, 3.63) is 64.4 Å². The molecule has 0 radical (unpaired) electrons. The Morgan fingerprint density at radius 3 is 2.69 bits per heavy atom. The van der Waals surface area contributed by atoms with Gasteiger partial charge in [-0.05, 0) is 80.7 Å². The number of nitrogen functional groups attached to an aromatic ring is 1. The van der Waals surface area contributed by atoms with E-state index < -0.39 is 17.2 Å². The molecule has 0 spiro atoms. The third kappa shape index (κ3) is 5.28. The first kappa shape index (κ1) is 29.7. The summed E-state index contributed by atoms with van der Waals surface area (Å²) >= 11 is 2.86. The lowest BCUT2D eigenvalue weighted by Crippen LogP contribution is -2.53. The zero-order valence-electron chi connectivity index (χ0n) is 24.2. The molecule has 1 unspecified atom stereocenters. The molecular formula is C30H34BrF2N7O2. The third-order valence-corrected chi connectivity index (χ3v) is 9.06. The van der Waals surface area contributed by atoms with Crippen molar-refractivity contribution in [2.45, 2.75) is 64.7 Å². The molecule has 3 heterocycles. The summed E-state index contributed by atoms with van der Waals surface area (Å²) in [5.74, 6) is -1.82. The van der Waals surface area contributed by atoms with Crippen LogP contribution in [0.15, 0.2) is 47.2 Å². The fourth-order valence-corrected chi connectivity index (χ4v) is 5.74. The minimum absolute atomic E-state index is 0.0122. The Balaban J connectivity index is 1.42. The van der Waals surface area contributed by atoms with Crippen molar-refractivity contribution in [2.75, 3.05) is 19.3 Å². The van der Waals surface area contributed by atoms with Gasteiger partial charge in [0.05, 0.1) is 22.4 Å². The molecule has 4 aromatic rings. The van der Waals surface area contributed by atoms with E-state index in [4.69, 9.17) is 5.73 Å². The number of likely N-dealkylation sites (tertiary alicyclic amines) is 1. The molecule has 5 rings (SSSR count). The fourth-order valence-electron chi connectivity index (χ4n) is 5.42. The molecule has 1 atom stereocenters. The normalized spacial score (nSPS) is 16.8. The standard InChI is InChI=1S/C30H34BrF2N7O2/c1-17(2)37(5)25(41)16-38-12-10-19-20(7-6-8-24(19)38)29(42)39-14-18(9-11-30(39,3)4)40-15-23(35-36-40)21-13-22(32)26(31)27(33)28(21)34/h6-8,10,12-13,15,17-18H,9,11,14,16,34H2,1-5H3. The van der Waals surface area contributed by atoms with E-state index in [1.807, 2.05) is 67.6 Å². The van der Waals surface area contributed by atoms with Crippen LogP contribution in [0.4, 0.5) is 14.5 Å². The highest BCUT2D eigenvalue weighted by Gasteiger charge is 2.39. The Labute approximate surface area is 251 Å². The molecule has 0 aliphatic carbocycles. The molecule has 1 aliphatic heterocycles. The van der Waals surface area contributed by atoms with Crippen molar-refractivity contribution in [3.63, 3.8) is 0 Å². The smallest absolute Gasteiger partial charge is 0.255 e. The number of piperidine rings is 1. The molecule has 222 valence electrons. The van der Waals surface area contributed by atoms with Crippen molar-refractivity contribution in [1.29, 1.82) is 0 Å². The summed E-state index contributed by atoms with van der Waals surface area (Å²) in [4.78, 5) is 30.4. The van der Waals surface area contributed by atoms with Gasteiger partial charge in [-0.1, -0.05) is 11.3 Å². The number of hydrogen-bond donors (Lipinski definition) is 1. The van der Waals surface area contributed by atoms with E-state index in [0.717, 1.165) is 23.4 Å². The van der Waals surface area contributed by atoms with Crippen LogP contribution in [0.5, 0.6) is 0 Å². The molecule has 0 saturated carbocycles. The lowest BCUT2D eigenvalue weighted by molar-refractivity contribution is -0.131. The Kier molecular flexibility index (Phi) is 7.86. The Morgan fingerprint density at radius 1 is 1.24 bits per heavy atom. The molecular weight excluding hydrogens is 608 g/mol. The second kappa shape index (κ2) is 11.1. The van der Waals surface area contributed by atoms with Gasteiger partial charge >= 0.3 is 0 Å². The van der Waals surface area contributed by atoms with Crippen molar-refractivity contribution in [3.8, 4) is 11.3 Å². The first-order valence-electron chi connectivity index (χ1n) is 13.8. The first-order chi connectivity index (χ1) is 19.8. The SMILES string of the molecule is CC(C)N(C)C(=O)Cn1ccc2c(C(=O)N3CC(n4cc(-c5cc(F)c(Br)c(F)c5N)nn4)CCC3(C)C)cccc21. The van der Waals surface area contributed by atoms with Gasteiger partial charge in [0.1, 0.15) is 18.1 Å². The number of aromatic nitrogens is 4. The van der Waals surface area contributed by atoms with Gasteiger partial charge in [0.2, 0.25) is 5.91 Å². The van der Waals surface area contributed by atoms with E-state index in [2.05, 4.69) is 26.2 Å². The predicted molar refractivity (Wildman–Crippen MR) is 161 cm³/mol. The van der Waals surface area contributed by atoms with Crippen molar-refractivity contribution in [2.24, 2.45) is 0 Å². The number of nitrogens with zero attached hydrogens (tertiary/aromatic N) is 6. The van der Waals surface area contributed by atoms with Crippen molar-refractivity contribution in [1.82, 2.24) is 29.4 Å². The lowest BCUT2D eigenvalue weighted by atomic mass is 9.87. The van der Waals surface area contributed by atoms with E-state index in [1.165, 1.54) is 0 Å². The van der Waals surface area contributed by atoms with E-state index in [1.54, 1.807) is 22.8 Å². The third-order valence-electron chi connectivity index (χ3n) is 8.34. The van der Waals surface area contributed by atoms with Gasteiger partial charge in [-0.2, -0.15) is 0 Å². The van der Waals surface area contributed by atoms with Crippen LogP contribution in [0.1, 0.15) is 56.9 Å². The summed E-state index contributed by atoms with van der Waals surface area (Å²) < 4.78 is 31.8. The maximum Gasteiger partial charge on any atom is 0.255 e. The van der Waals surface area contributed by atoms with Crippen LogP contribution in [0.3, 0.4) is 0 Å². The number of fused-ring (bicyclic) bond motifs is 1. The lowest BCUT2D eigenvalue weighted by Gasteiger charge is -2.45. The Hall–Kier alpha value is -3.80. The zero-order valence-corrected chi connectivity index (χ0v) is 25.8. The highest BCUT2D eigenvalue weighted by Crippen LogP contribution is 2.37. The Morgan fingerprint density at radius 2 is 1.98 bits per heavy atom. The number of rotatable bonds is 6. The number of halogens is 3. The van der Waals surface area contributed by atoms with Crippen LogP contribution in [0, 0.1) is 11.6 Å². The number of likely N-dealkylation sites (N-methyl/N-ethyl adjacent to an activating group) is 1. The molecule has 2 amide bonds. The van der Waals surface area contributed by atoms with Crippen LogP contribution < -0.4 is 5.73 Å². The maximum absolute atomic E-state index is 14.4. The van der Waals surface area contributed by atoms with E-state index in [0.29, 0.717) is 18.5 Å². The van der Waals surface area contributed by atoms with Gasteiger partial charge in [-0.3, -0.25) is 9.59 Å². The summed E-state index contributed by atoms with van der Waals surface area (Å²) in [5.41, 5.74) is 6.97. The minimum atomic E-state index is -0.893. The summed E-state index contributed by atoms with van der Waals surface area (Å²) in [7, 11) is 1.78. The van der Waals surface area contributed by atoms with E-state index in [9.17, 15) is 18.4 Å². The van der Waals surface area contributed by atoms with Crippen molar-refractivity contribution < 1.29 is 18.4 Å². The molecule has 2 aromatic carbocycles. The van der Waals surface area contributed by atoms with Crippen LogP contribution >= 0.6 is 15.9 Å². The van der Waals surface area contributed by atoms with E-state index >= 15 is 0 Å². The number of carbonyl (C=O) groups is 2. The molecule has 2 aromatic heterocycles. The summed E-state index contributed by atoms with van der Waals surface area (Å²) in [6, 6.07) is 8.44. The van der Waals surface area contributed by atoms with Crippen molar-refractivity contribution >= 4 is 44.3 Å². The fraction of sp³-hybridized carbons (Fsp3) is 0.400. The second-order valence-electron chi connectivity index (χ2n) is 11.7. The number of carbonyl (C=O) groups excluding carboxylic acids is 2. The molecule has 2 N–H and O–H groups in total. The largest absolute Gasteiger partial charge is 0.396 e. The zero-order chi connectivity index (χ0) is 30.5. The monoisotopic (exact) mass is 641 g/mol. The average Bonchev–Trinajstić information content (AvgIpc) is 3.60. The molecule has 1 saturated heterocycles. The topological polar surface area (TPSA) is 102 Å². The van der Waals surface area contributed by atoms with Crippen LogP contribution in [0.25, 0.3) is 22.2 Å². The summed E-state index contributed by atoms with van der Waals surface area (Å²) in [6.07, 6.45) is 4.88. The molecule has 42 heavy (non-hydrogen) atoms. The molecule has 0 bridgehead atoms. The van der Waals surface area contributed by atoms with Gasteiger partial charge < -0.3 is 20.1 Å². The number of hydrogen-bond acceptors (Lipinski definition) is 5. The number of anilines is 1. The minimum Gasteiger partial charge on any atom is -0.396 e. The van der Waals surface area contributed by atoms with E-state index in [-0.39, 0.29) is 51.9 Å². The molecule has 12 heteroatoms. The molecule has 1 fully saturated rings. The Bertz CT molecular complexity index is 1680. The number of nitrogens with two attached hydrogens (primary N) is 1. The number of amides is 2. The van der Waals surface area contributed by atoms with Crippen LogP contribution in [0.2, 0.25) is 0 Å². The summed E-state index contributed by atoms with van der Waals surface area (Å²) in [6.45, 7) is 8.54. The van der Waals surface area contributed by atoms with Crippen LogP contribution in [-0.4, -0.2) is 66.3 Å². The number of benzene rings is 2. The van der Waals surface area contributed by atoms with Gasteiger partial charge in [0.15, 0.2) is 5.82 Å². The molecule has 9 nitrogen and oxygen atoms in total. The predicted octanol–water partition coefficient (Wildman–Crippen LogP) is 5.65. The van der Waals surface area contributed by atoms with Gasteiger partial charge in [0.25, 0.3) is 5.91 Å². The average molecular weight is 643 g/mol. The van der Waals surface area contributed by atoms with Gasteiger partial charge in [-0.25, -0.2) is 13.5 Å². The second-order valence-corrected chi connectivity index (χ2v) is 12.5. The quantitative estimate of drug-likeness (QED) is 0.217. The first-order valence-corrected chi connectivity index (χ1v) is 14.6. The summed E-state index contributed by atoms with van der Waals surface area (Å²) in [5, 5.41) is 9.15. The molecule has 1 aliphatic rings. The highest BCUT2D eigenvalue weighted by atomic mass is 79.9. The highest BCUT2D eigenvalue weighted by molar-refractivity contribution is 9.10. The van der Waals surface area contributed by atoms with Gasteiger partial charge in [-0.15, -0.1) is 5.10 Å². The maximum atomic E-state index is 14.4. The van der Waals surface area contributed by atoms with Crippen LogP contribution in [-0.2, 0) is 11.3 Å². The van der Waals surface area contributed by atoms with Gasteiger partial charge in [0, 0.05) is 53.4 Å².